The zero-order valence-corrected chi connectivity index (χ0v) is 20.9. The summed E-state index contributed by atoms with van der Waals surface area (Å²) in [5.41, 5.74) is 7.16. The van der Waals surface area contributed by atoms with E-state index < -0.39 is 6.10 Å². The molecule has 0 bridgehead atoms. The van der Waals surface area contributed by atoms with Crippen LogP contribution in [0.25, 0.3) is 33.4 Å². The highest BCUT2D eigenvalue weighted by atomic mass is 16.5. The second-order valence-corrected chi connectivity index (χ2v) is 8.99. The molecule has 0 fully saturated rings. The van der Waals surface area contributed by atoms with E-state index in [-0.39, 0.29) is 5.75 Å². The van der Waals surface area contributed by atoms with Crippen molar-refractivity contribution in [2.75, 3.05) is 0 Å². The third-order valence-electron chi connectivity index (χ3n) is 6.51. The molecule has 0 aliphatic carbocycles. The molecule has 4 heterocycles. The number of benzene rings is 2. The number of hydrogen-bond acceptors (Lipinski definition) is 6. The highest BCUT2D eigenvalue weighted by Gasteiger charge is 2.21. The van der Waals surface area contributed by atoms with Gasteiger partial charge in [0.25, 0.3) is 0 Å². The minimum atomic E-state index is -0.455. The average molecular weight is 509 g/mol. The van der Waals surface area contributed by atoms with Crippen LogP contribution >= 0.6 is 0 Å². The smallest absolute Gasteiger partial charge is 0.152 e. The third-order valence-corrected chi connectivity index (χ3v) is 6.51. The molecule has 0 atom stereocenters. The number of phenolic OH excluding ortho intramolecular Hbond substituents is 1. The monoisotopic (exact) mass is 508 g/mol. The van der Waals surface area contributed by atoms with Crippen molar-refractivity contribution in [3.05, 3.63) is 146 Å². The van der Waals surface area contributed by atoms with Crippen molar-refractivity contribution < 1.29 is 9.84 Å². The Balaban J connectivity index is 1.51. The average Bonchev–Trinajstić information content (AvgIpc) is 3.02. The lowest BCUT2D eigenvalue weighted by molar-refractivity contribution is 0.247. The minimum absolute atomic E-state index is 0.156. The Morgan fingerprint density at radius 2 is 1.05 bits per heavy atom. The van der Waals surface area contributed by atoms with E-state index in [4.69, 9.17) is 4.74 Å². The number of hydrogen-bond donors (Lipinski definition) is 1. The first kappa shape index (κ1) is 24.0. The Morgan fingerprint density at radius 1 is 0.513 bits per heavy atom. The van der Waals surface area contributed by atoms with Crippen LogP contribution in [0.2, 0.25) is 0 Å². The second-order valence-electron chi connectivity index (χ2n) is 8.99. The summed E-state index contributed by atoms with van der Waals surface area (Å²) in [5.74, 6) is 0.775. The lowest BCUT2D eigenvalue weighted by Gasteiger charge is -2.22. The normalized spacial score (nSPS) is 10.9. The van der Waals surface area contributed by atoms with Gasteiger partial charge in [0.15, 0.2) is 6.10 Å². The summed E-state index contributed by atoms with van der Waals surface area (Å²) in [7, 11) is 0. The third kappa shape index (κ3) is 5.22. The van der Waals surface area contributed by atoms with Crippen molar-refractivity contribution in [2.24, 2.45) is 0 Å². The number of nitrogens with zero attached hydrogens (tertiary/aromatic N) is 4. The second kappa shape index (κ2) is 10.9. The standard InChI is InChI=1S/C33H24N4O2/c38-31-7-5-25(23-9-15-34-16-10-23)19-29(31)30-20-26(24-11-17-35-18-12-24)6-8-32(30)39-33(27-3-1-13-36-21-27)28-4-2-14-37-22-28/h1-22,33,38H. The Hall–Kier alpha value is -5.36. The van der Waals surface area contributed by atoms with Gasteiger partial charge in [-0.25, -0.2) is 0 Å². The van der Waals surface area contributed by atoms with Gasteiger partial charge >= 0.3 is 0 Å². The molecule has 1 N–H and O–H groups in total. The van der Waals surface area contributed by atoms with Gasteiger partial charge in [0.1, 0.15) is 11.5 Å². The predicted molar refractivity (Wildman–Crippen MR) is 151 cm³/mol. The molecule has 2 aromatic carbocycles. The summed E-state index contributed by atoms with van der Waals surface area (Å²) >= 11 is 0. The van der Waals surface area contributed by atoms with Gasteiger partial charge in [-0.1, -0.05) is 24.3 Å². The first-order chi connectivity index (χ1) is 19.3. The Bertz CT molecular complexity index is 1640. The van der Waals surface area contributed by atoms with Crippen molar-refractivity contribution in [1.82, 2.24) is 19.9 Å². The predicted octanol–water partition coefficient (Wildman–Crippen LogP) is 7.14. The Morgan fingerprint density at radius 3 is 1.59 bits per heavy atom. The van der Waals surface area contributed by atoms with Gasteiger partial charge in [-0.15, -0.1) is 0 Å². The van der Waals surface area contributed by atoms with Crippen molar-refractivity contribution in [3.63, 3.8) is 0 Å². The molecule has 39 heavy (non-hydrogen) atoms. The van der Waals surface area contributed by atoms with Gasteiger partial charge in [-0.3, -0.25) is 19.9 Å². The lowest BCUT2D eigenvalue weighted by Crippen LogP contribution is -2.11. The van der Waals surface area contributed by atoms with Gasteiger partial charge in [0.2, 0.25) is 0 Å². The van der Waals surface area contributed by atoms with Crippen molar-refractivity contribution in [3.8, 4) is 44.9 Å². The molecule has 6 aromatic rings. The molecule has 188 valence electrons. The maximum absolute atomic E-state index is 11.1. The van der Waals surface area contributed by atoms with Crippen LogP contribution in [0.5, 0.6) is 11.5 Å². The summed E-state index contributed by atoms with van der Waals surface area (Å²) in [6, 6.07) is 27.2. The SMILES string of the molecule is Oc1ccc(-c2ccncc2)cc1-c1cc(-c2ccncc2)ccc1OC(c1cccnc1)c1cccnc1. The highest BCUT2D eigenvalue weighted by molar-refractivity contribution is 5.84. The number of aromatic nitrogens is 4. The van der Waals surface area contributed by atoms with E-state index in [0.29, 0.717) is 11.3 Å². The van der Waals surface area contributed by atoms with E-state index in [1.165, 1.54) is 0 Å². The van der Waals surface area contributed by atoms with Crippen molar-refractivity contribution in [2.45, 2.75) is 6.10 Å². The Labute approximate surface area is 226 Å². The lowest BCUT2D eigenvalue weighted by atomic mass is 9.95. The molecular formula is C33H24N4O2. The molecule has 0 spiro atoms. The summed E-state index contributed by atoms with van der Waals surface area (Å²) in [5, 5.41) is 11.1. The van der Waals surface area contributed by atoms with Crippen LogP contribution in [0.3, 0.4) is 0 Å². The van der Waals surface area contributed by atoms with Gasteiger partial charge < -0.3 is 9.84 Å². The molecule has 6 nitrogen and oxygen atoms in total. The zero-order valence-electron chi connectivity index (χ0n) is 20.9. The molecular weight excluding hydrogens is 484 g/mol. The Kier molecular flexibility index (Phi) is 6.74. The topological polar surface area (TPSA) is 81.0 Å². The first-order valence-corrected chi connectivity index (χ1v) is 12.5. The molecule has 4 aromatic heterocycles. The van der Waals surface area contributed by atoms with Crippen LogP contribution in [0.1, 0.15) is 17.2 Å². The van der Waals surface area contributed by atoms with Crippen molar-refractivity contribution >= 4 is 0 Å². The maximum atomic E-state index is 11.1. The molecule has 0 unspecified atom stereocenters. The molecule has 0 radical (unpaired) electrons. The van der Waals surface area contributed by atoms with E-state index in [1.807, 2.05) is 78.9 Å². The molecule has 6 rings (SSSR count). The molecule has 0 amide bonds. The summed E-state index contributed by atoms with van der Waals surface area (Å²) < 4.78 is 6.75. The molecule has 0 aliphatic heterocycles. The quantitative estimate of drug-likeness (QED) is 0.247. The van der Waals surface area contributed by atoms with Gasteiger partial charge in [-0.05, 0) is 82.9 Å². The van der Waals surface area contributed by atoms with E-state index in [2.05, 4.69) is 19.9 Å². The maximum Gasteiger partial charge on any atom is 0.152 e. The van der Waals surface area contributed by atoms with Gasteiger partial charge in [0, 0.05) is 71.8 Å². The van der Waals surface area contributed by atoms with Crippen LogP contribution in [-0.4, -0.2) is 25.0 Å². The van der Waals surface area contributed by atoms with E-state index >= 15 is 0 Å². The minimum Gasteiger partial charge on any atom is -0.507 e. The van der Waals surface area contributed by atoms with Crippen molar-refractivity contribution in [1.29, 1.82) is 0 Å². The summed E-state index contributed by atoms with van der Waals surface area (Å²) in [6.45, 7) is 0. The number of ether oxygens (including phenoxy) is 1. The van der Waals surface area contributed by atoms with Crippen LogP contribution in [0.15, 0.2) is 135 Å². The number of phenols is 1. The number of aromatic hydroxyl groups is 1. The molecule has 0 saturated heterocycles. The molecule has 0 aliphatic rings. The molecule has 6 heteroatoms. The first-order valence-electron chi connectivity index (χ1n) is 12.5. The number of pyridine rings is 4. The van der Waals surface area contributed by atoms with Gasteiger partial charge in [-0.2, -0.15) is 0 Å². The van der Waals surface area contributed by atoms with Crippen LogP contribution in [-0.2, 0) is 0 Å². The van der Waals surface area contributed by atoms with E-state index in [9.17, 15) is 5.11 Å². The van der Waals surface area contributed by atoms with Gasteiger partial charge in [0.05, 0.1) is 0 Å². The van der Waals surface area contributed by atoms with E-state index in [1.54, 1.807) is 55.6 Å². The zero-order chi connectivity index (χ0) is 26.4. The number of rotatable bonds is 7. The fourth-order valence-corrected chi connectivity index (χ4v) is 4.56. The van der Waals surface area contributed by atoms with Crippen LogP contribution < -0.4 is 4.74 Å². The fourth-order valence-electron chi connectivity index (χ4n) is 4.56. The summed E-state index contributed by atoms with van der Waals surface area (Å²) in [6.07, 6.45) is 13.7. The summed E-state index contributed by atoms with van der Waals surface area (Å²) in [4.78, 5) is 16.9. The van der Waals surface area contributed by atoms with Crippen LogP contribution in [0.4, 0.5) is 0 Å². The van der Waals surface area contributed by atoms with Crippen LogP contribution in [0, 0.1) is 0 Å². The fraction of sp³-hybridized carbons (Fsp3) is 0.0303. The van der Waals surface area contributed by atoms with E-state index in [0.717, 1.165) is 38.9 Å². The largest absolute Gasteiger partial charge is 0.507 e. The molecule has 0 saturated carbocycles. The highest BCUT2D eigenvalue weighted by Crippen LogP contribution is 2.42.